The zero-order chi connectivity index (χ0) is 17.9. The van der Waals surface area contributed by atoms with Crippen LogP contribution in [-0.4, -0.2) is 10.5 Å². The lowest BCUT2D eigenvalue weighted by molar-refractivity contribution is 0.0942. The summed E-state index contributed by atoms with van der Waals surface area (Å²) in [5, 5.41) is 5.77. The van der Waals surface area contributed by atoms with Gasteiger partial charge in [0.2, 0.25) is 0 Å². The standard InChI is InChI=1S/C21H17ClN2OS/c22-17-9-5-4-8-16(17)14-24-18-10-11-26-20(18)12-19(24)21(25)23-13-15-6-2-1-3-7-15/h1-12H,13-14H2,(H,23,25). The van der Waals surface area contributed by atoms with Gasteiger partial charge in [0.1, 0.15) is 5.69 Å². The predicted octanol–water partition coefficient (Wildman–Crippen LogP) is 5.33. The summed E-state index contributed by atoms with van der Waals surface area (Å²) < 4.78 is 3.13. The third-order valence-corrected chi connectivity index (χ3v) is 5.56. The van der Waals surface area contributed by atoms with Gasteiger partial charge in [-0.1, -0.05) is 60.1 Å². The van der Waals surface area contributed by atoms with E-state index in [1.54, 1.807) is 11.3 Å². The van der Waals surface area contributed by atoms with Crippen molar-refractivity contribution in [3.8, 4) is 0 Å². The summed E-state index contributed by atoms with van der Waals surface area (Å²) in [5.41, 5.74) is 3.78. The van der Waals surface area contributed by atoms with Crippen molar-refractivity contribution in [3.63, 3.8) is 0 Å². The van der Waals surface area contributed by atoms with E-state index < -0.39 is 0 Å². The Labute approximate surface area is 160 Å². The van der Waals surface area contributed by atoms with Crippen LogP contribution >= 0.6 is 22.9 Å². The molecule has 1 amide bonds. The van der Waals surface area contributed by atoms with E-state index in [2.05, 4.69) is 5.32 Å². The summed E-state index contributed by atoms with van der Waals surface area (Å²) in [7, 11) is 0. The van der Waals surface area contributed by atoms with Gasteiger partial charge in [0.25, 0.3) is 5.91 Å². The number of carbonyl (C=O) groups is 1. The molecule has 0 fully saturated rings. The van der Waals surface area contributed by atoms with E-state index in [-0.39, 0.29) is 5.91 Å². The Morgan fingerprint density at radius 2 is 1.81 bits per heavy atom. The molecule has 1 N–H and O–H groups in total. The zero-order valence-corrected chi connectivity index (χ0v) is 15.6. The maximum atomic E-state index is 12.8. The maximum absolute atomic E-state index is 12.8. The fourth-order valence-electron chi connectivity index (χ4n) is 3.00. The molecule has 130 valence electrons. The fourth-order valence-corrected chi connectivity index (χ4v) is 4.02. The number of rotatable bonds is 5. The van der Waals surface area contributed by atoms with Crippen molar-refractivity contribution in [1.29, 1.82) is 0 Å². The molecule has 0 aliphatic carbocycles. The van der Waals surface area contributed by atoms with Gasteiger partial charge in [0.15, 0.2) is 0 Å². The van der Waals surface area contributed by atoms with Gasteiger partial charge in [-0.2, -0.15) is 0 Å². The average Bonchev–Trinajstić information content (AvgIpc) is 3.25. The molecule has 0 spiro atoms. The molecule has 2 aromatic carbocycles. The van der Waals surface area contributed by atoms with Gasteiger partial charge in [0.05, 0.1) is 10.2 Å². The van der Waals surface area contributed by atoms with E-state index in [0.717, 1.165) is 21.3 Å². The molecule has 2 heterocycles. The summed E-state index contributed by atoms with van der Waals surface area (Å²) >= 11 is 7.96. The monoisotopic (exact) mass is 380 g/mol. The first-order chi connectivity index (χ1) is 12.7. The summed E-state index contributed by atoms with van der Waals surface area (Å²) in [5.74, 6) is -0.0793. The average molecular weight is 381 g/mol. The van der Waals surface area contributed by atoms with Gasteiger partial charge in [-0.25, -0.2) is 0 Å². The highest BCUT2D eigenvalue weighted by atomic mass is 35.5. The highest BCUT2D eigenvalue weighted by molar-refractivity contribution is 7.17. The molecule has 5 heteroatoms. The molecular weight excluding hydrogens is 364 g/mol. The third kappa shape index (κ3) is 3.39. The smallest absolute Gasteiger partial charge is 0.268 e. The molecule has 4 rings (SSSR count). The highest BCUT2D eigenvalue weighted by Gasteiger charge is 2.17. The Balaban J connectivity index is 1.63. The van der Waals surface area contributed by atoms with Crippen LogP contribution in [0, 0.1) is 0 Å². The molecule has 0 unspecified atom stereocenters. The summed E-state index contributed by atoms with van der Waals surface area (Å²) in [4.78, 5) is 12.8. The minimum atomic E-state index is -0.0793. The number of benzene rings is 2. The summed E-state index contributed by atoms with van der Waals surface area (Å²) in [6.45, 7) is 1.07. The first-order valence-electron chi connectivity index (χ1n) is 8.34. The summed E-state index contributed by atoms with van der Waals surface area (Å²) in [6.07, 6.45) is 0. The van der Waals surface area contributed by atoms with Crippen LogP contribution in [0.2, 0.25) is 5.02 Å². The molecule has 3 nitrogen and oxygen atoms in total. The number of thiophene rings is 1. The van der Waals surface area contributed by atoms with Gasteiger partial charge >= 0.3 is 0 Å². The predicted molar refractivity (Wildman–Crippen MR) is 108 cm³/mol. The van der Waals surface area contributed by atoms with Gasteiger partial charge in [0, 0.05) is 18.1 Å². The molecule has 0 aliphatic heterocycles. The molecule has 4 aromatic rings. The second-order valence-corrected chi connectivity index (χ2v) is 7.40. The van der Waals surface area contributed by atoms with Crippen LogP contribution in [0.5, 0.6) is 0 Å². The van der Waals surface area contributed by atoms with Crippen LogP contribution in [0.15, 0.2) is 72.1 Å². The Morgan fingerprint density at radius 3 is 2.62 bits per heavy atom. The van der Waals surface area contributed by atoms with Crippen LogP contribution in [-0.2, 0) is 13.1 Å². The highest BCUT2D eigenvalue weighted by Crippen LogP contribution is 2.27. The van der Waals surface area contributed by atoms with Crippen molar-refractivity contribution in [2.45, 2.75) is 13.1 Å². The Kier molecular flexibility index (Phi) is 4.78. The SMILES string of the molecule is O=C(NCc1ccccc1)c1cc2sccc2n1Cc1ccccc1Cl. The quantitative estimate of drug-likeness (QED) is 0.498. The van der Waals surface area contributed by atoms with E-state index in [1.165, 1.54) is 0 Å². The van der Waals surface area contributed by atoms with Crippen molar-refractivity contribution in [2.24, 2.45) is 0 Å². The van der Waals surface area contributed by atoms with Crippen molar-refractivity contribution < 1.29 is 4.79 Å². The zero-order valence-electron chi connectivity index (χ0n) is 14.0. The largest absolute Gasteiger partial charge is 0.347 e. The number of fused-ring (bicyclic) bond motifs is 1. The van der Waals surface area contributed by atoms with Crippen molar-refractivity contribution in [2.75, 3.05) is 0 Å². The number of halogens is 1. The molecule has 2 aromatic heterocycles. The van der Waals surface area contributed by atoms with Crippen molar-refractivity contribution >= 4 is 39.1 Å². The second-order valence-electron chi connectivity index (χ2n) is 6.05. The molecule has 0 bridgehead atoms. The molecule has 0 atom stereocenters. The lowest BCUT2D eigenvalue weighted by atomic mass is 10.2. The Bertz CT molecular complexity index is 1050. The first-order valence-corrected chi connectivity index (χ1v) is 9.60. The first kappa shape index (κ1) is 16.9. The number of nitrogens with one attached hydrogen (secondary N) is 1. The van der Waals surface area contributed by atoms with E-state index in [0.29, 0.717) is 23.8 Å². The number of hydrogen-bond acceptors (Lipinski definition) is 2. The second kappa shape index (κ2) is 7.36. The molecule has 0 saturated carbocycles. The number of aromatic nitrogens is 1. The topological polar surface area (TPSA) is 34.0 Å². The van der Waals surface area contributed by atoms with E-state index in [4.69, 9.17) is 11.6 Å². The van der Waals surface area contributed by atoms with Gasteiger partial charge in [-0.15, -0.1) is 11.3 Å². The lowest BCUT2D eigenvalue weighted by Crippen LogP contribution is -2.25. The van der Waals surface area contributed by atoms with Gasteiger partial charge in [-0.3, -0.25) is 4.79 Å². The normalized spacial score (nSPS) is 11.0. The Morgan fingerprint density at radius 1 is 1.04 bits per heavy atom. The number of carbonyl (C=O) groups excluding carboxylic acids is 1. The van der Waals surface area contributed by atoms with E-state index >= 15 is 0 Å². The van der Waals surface area contributed by atoms with Gasteiger partial charge in [-0.05, 0) is 34.7 Å². The molecule has 0 aliphatic rings. The van der Waals surface area contributed by atoms with Crippen molar-refractivity contribution in [1.82, 2.24) is 9.88 Å². The van der Waals surface area contributed by atoms with Crippen LogP contribution in [0.3, 0.4) is 0 Å². The Hall–Kier alpha value is -2.56. The van der Waals surface area contributed by atoms with Crippen LogP contribution in [0.1, 0.15) is 21.6 Å². The number of amides is 1. The minimum absolute atomic E-state index is 0.0793. The van der Waals surface area contributed by atoms with Crippen LogP contribution in [0.4, 0.5) is 0 Å². The van der Waals surface area contributed by atoms with Gasteiger partial charge < -0.3 is 9.88 Å². The fraction of sp³-hybridized carbons (Fsp3) is 0.0952. The number of hydrogen-bond donors (Lipinski definition) is 1. The molecule has 0 saturated heterocycles. The lowest BCUT2D eigenvalue weighted by Gasteiger charge is -2.12. The molecule has 0 radical (unpaired) electrons. The van der Waals surface area contributed by atoms with E-state index in [1.807, 2.05) is 76.7 Å². The third-order valence-electron chi connectivity index (χ3n) is 4.34. The maximum Gasteiger partial charge on any atom is 0.268 e. The molecule has 26 heavy (non-hydrogen) atoms. The van der Waals surface area contributed by atoms with Crippen molar-refractivity contribution in [3.05, 3.63) is 94.0 Å². The number of nitrogens with zero attached hydrogens (tertiary/aromatic N) is 1. The van der Waals surface area contributed by atoms with E-state index in [9.17, 15) is 4.79 Å². The summed E-state index contributed by atoms with van der Waals surface area (Å²) in [6, 6.07) is 21.7. The molecular formula is C21H17ClN2OS. The van der Waals surface area contributed by atoms with Crippen LogP contribution in [0.25, 0.3) is 10.2 Å². The van der Waals surface area contributed by atoms with Crippen LogP contribution < -0.4 is 5.32 Å². The minimum Gasteiger partial charge on any atom is -0.347 e.